The first kappa shape index (κ1) is 20.9. The lowest BCUT2D eigenvalue weighted by Gasteiger charge is -2.20. The topological polar surface area (TPSA) is 93.0 Å². The summed E-state index contributed by atoms with van der Waals surface area (Å²) in [7, 11) is 0. The molecule has 1 N–H and O–H groups in total. The number of nitrogens with zero attached hydrogens (tertiary/aromatic N) is 5. The van der Waals surface area contributed by atoms with Gasteiger partial charge in [-0.3, -0.25) is 14.7 Å². The van der Waals surface area contributed by atoms with Crippen LogP contribution in [-0.2, 0) is 24.2 Å². The predicted octanol–water partition coefficient (Wildman–Crippen LogP) is 1.96. The van der Waals surface area contributed by atoms with Gasteiger partial charge in [-0.25, -0.2) is 4.79 Å². The van der Waals surface area contributed by atoms with Crippen molar-refractivity contribution in [3.05, 3.63) is 26.7 Å². The molecule has 1 aliphatic rings. The second-order valence-electron chi connectivity index (χ2n) is 6.62. The Labute approximate surface area is 172 Å². The van der Waals surface area contributed by atoms with E-state index in [0.717, 1.165) is 55.2 Å². The van der Waals surface area contributed by atoms with Crippen LogP contribution in [0.15, 0.2) is 9.82 Å². The summed E-state index contributed by atoms with van der Waals surface area (Å²) in [6.07, 6.45) is 2.83. The van der Waals surface area contributed by atoms with Crippen LogP contribution in [0, 0.1) is 6.92 Å². The minimum absolute atomic E-state index is 0.166. The van der Waals surface area contributed by atoms with Gasteiger partial charge in [0, 0.05) is 24.3 Å². The van der Waals surface area contributed by atoms with Crippen LogP contribution in [0.3, 0.4) is 0 Å². The molecule has 2 aromatic heterocycles. The van der Waals surface area contributed by atoms with Gasteiger partial charge in [-0.1, -0.05) is 36.9 Å². The van der Waals surface area contributed by atoms with Crippen LogP contribution in [0.5, 0.6) is 0 Å². The monoisotopic (exact) mass is 422 g/mol. The Kier molecular flexibility index (Phi) is 7.19. The number of aromatic nitrogens is 4. The SMILES string of the molecule is CCN(CC)CCn1c2c(c(SCC(=O)Nc3nnc(C)s3)nc1=O)CCC2. The van der Waals surface area contributed by atoms with Crippen LogP contribution in [0.4, 0.5) is 5.13 Å². The molecule has 0 radical (unpaired) electrons. The maximum Gasteiger partial charge on any atom is 0.348 e. The first-order chi connectivity index (χ1) is 13.5. The second-order valence-corrected chi connectivity index (χ2v) is 8.77. The molecule has 28 heavy (non-hydrogen) atoms. The van der Waals surface area contributed by atoms with E-state index in [2.05, 4.69) is 39.2 Å². The van der Waals surface area contributed by atoms with Gasteiger partial charge < -0.3 is 4.90 Å². The number of amides is 1. The summed E-state index contributed by atoms with van der Waals surface area (Å²) in [5, 5.41) is 12.5. The highest BCUT2D eigenvalue weighted by Crippen LogP contribution is 2.29. The smallest absolute Gasteiger partial charge is 0.302 e. The van der Waals surface area contributed by atoms with Crippen molar-refractivity contribution in [1.29, 1.82) is 0 Å². The average Bonchev–Trinajstić information content (AvgIpc) is 3.31. The molecular weight excluding hydrogens is 396 g/mol. The quantitative estimate of drug-likeness (QED) is 0.488. The van der Waals surface area contributed by atoms with E-state index in [1.165, 1.54) is 23.1 Å². The first-order valence-corrected chi connectivity index (χ1v) is 11.4. The third-order valence-corrected chi connectivity index (χ3v) is 6.62. The van der Waals surface area contributed by atoms with Gasteiger partial charge in [-0.2, -0.15) is 4.98 Å². The number of carbonyl (C=O) groups is 1. The zero-order valence-corrected chi connectivity index (χ0v) is 18.2. The molecule has 3 rings (SSSR count). The van der Waals surface area contributed by atoms with Crippen LogP contribution in [-0.4, -0.2) is 55.9 Å². The second kappa shape index (κ2) is 9.62. The molecule has 0 aliphatic heterocycles. The number of anilines is 1. The molecule has 10 heteroatoms. The van der Waals surface area contributed by atoms with Crippen molar-refractivity contribution in [2.75, 3.05) is 30.7 Å². The van der Waals surface area contributed by atoms with Crippen LogP contribution in [0.1, 0.15) is 36.5 Å². The molecule has 0 fully saturated rings. The molecule has 0 saturated heterocycles. The molecule has 0 atom stereocenters. The third-order valence-electron chi connectivity index (χ3n) is 4.85. The zero-order chi connectivity index (χ0) is 20.1. The van der Waals surface area contributed by atoms with Gasteiger partial charge in [-0.15, -0.1) is 10.2 Å². The number of fused-ring (bicyclic) bond motifs is 1. The molecule has 8 nitrogen and oxygen atoms in total. The lowest BCUT2D eigenvalue weighted by atomic mass is 10.2. The Balaban J connectivity index is 1.69. The Morgan fingerprint density at radius 1 is 1.29 bits per heavy atom. The molecule has 0 aromatic carbocycles. The van der Waals surface area contributed by atoms with Crippen molar-refractivity contribution in [1.82, 2.24) is 24.6 Å². The summed E-state index contributed by atoms with van der Waals surface area (Å²) in [4.78, 5) is 31.4. The van der Waals surface area contributed by atoms with Crippen LogP contribution >= 0.6 is 23.1 Å². The summed E-state index contributed by atoms with van der Waals surface area (Å²) in [6.45, 7) is 9.54. The Morgan fingerprint density at radius 3 is 2.75 bits per heavy atom. The lowest BCUT2D eigenvalue weighted by Crippen LogP contribution is -2.34. The van der Waals surface area contributed by atoms with E-state index in [1.54, 1.807) is 0 Å². The van der Waals surface area contributed by atoms with E-state index in [0.29, 0.717) is 16.7 Å². The maximum absolute atomic E-state index is 12.6. The minimum atomic E-state index is -0.213. The molecule has 2 heterocycles. The van der Waals surface area contributed by atoms with Crippen LogP contribution < -0.4 is 11.0 Å². The number of hydrogen-bond donors (Lipinski definition) is 1. The summed E-state index contributed by atoms with van der Waals surface area (Å²) in [6, 6.07) is 0. The molecule has 1 aliphatic carbocycles. The number of carbonyl (C=O) groups excluding carboxylic acids is 1. The van der Waals surface area contributed by atoms with Crippen molar-refractivity contribution in [2.24, 2.45) is 0 Å². The van der Waals surface area contributed by atoms with E-state index in [1.807, 2.05) is 11.5 Å². The van der Waals surface area contributed by atoms with E-state index >= 15 is 0 Å². The van der Waals surface area contributed by atoms with E-state index in [9.17, 15) is 9.59 Å². The molecule has 152 valence electrons. The van der Waals surface area contributed by atoms with E-state index in [4.69, 9.17) is 0 Å². The lowest BCUT2D eigenvalue weighted by molar-refractivity contribution is -0.113. The molecule has 0 unspecified atom stereocenters. The fourth-order valence-electron chi connectivity index (χ4n) is 3.35. The number of rotatable bonds is 9. The molecule has 0 saturated carbocycles. The fourth-order valence-corrected chi connectivity index (χ4v) is 4.84. The summed E-state index contributed by atoms with van der Waals surface area (Å²) in [5.74, 6) is 0.0291. The normalized spacial score (nSPS) is 13.1. The fraction of sp³-hybridized carbons (Fsp3) is 0.611. The highest BCUT2D eigenvalue weighted by molar-refractivity contribution is 8.00. The highest BCUT2D eigenvalue weighted by Gasteiger charge is 2.22. The van der Waals surface area contributed by atoms with Gasteiger partial charge in [0.2, 0.25) is 11.0 Å². The van der Waals surface area contributed by atoms with Crippen molar-refractivity contribution in [3.63, 3.8) is 0 Å². The first-order valence-electron chi connectivity index (χ1n) is 9.59. The molecule has 0 spiro atoms. The summed E-state index contributed by atoms with van der Waals surface area (Å²) >= 11 is 2.66. The van der Waals surface area contributed by atoms with Crippen molar-refractivity contribution >= 4 is 34.1 Å². The third kappa shape index (κ3) is 4.98. The van der Waals surface area contributed by atoms with Gasteiger partial charge >= 0.3 is 5.69 Å². The predicted molar refractivity (Wildman–Crippen MR) is 112 cm³/mol. The van der Waals surface area contributed by atoms with E-state index < -0.39 is 0 Å². The van der Waals surface area contributed by atoms with Crippen molar-refractivity contribution in [2.45, 2.75) is 51.6 Å². The molecule has 1 amide bonds. The molecule has 2 aromatic rings. The van der Waals surface area contributed by atoms with E-state index in [-0.39, 0.29) is 17.3 Å². The Morgan fingerprint density at radius 2 is 2.07 bits per heavy atom. The van der Waals surface area contributed by atoms with Gasteiger partial charge in [0.05, 0.1) is 5.75 Å². The standard InChI is InChI=1S/C18H26N6O2S2/c1-4-23(5-2)9-10-24-14-8-6-7-13(14)16(20-18(24)26)27-11-15(25)19-17-22-21-12(3)28-17/h4-11H2,1-3H3,(H,19,22,25). The van der Waals surface area contributed by atoms with Crippen LogP contribution in [0.2, 0.25) is 0 Å². The van der Waals surface area contributed by atoms with Crippen molar-refractivity contribution in [3.8, 4) is 0 Å². The van der Waals surface area contributed by atoms with Crippen molar-refractivity contribution < 1.29 is 4.79 Å². The number of thioether (sulfide) groups is 1. The summed E-state index contributed by atoms with van der Waals surface area (Å²) in [5.41, 5.74) is 2.01. The van der Waals surface area contributed by atoms with Crippen LogP contribution in [0.25, 0.3) is 0 Å². The number of aryl methyl sites for hydroxylation is 1. The Hall–Kier alpha value is -1.78. The number of likely N-dealkylation sites (N-methyl/N-ethyl adjacent to an activating group) is 1. The van der Waals surface area contributed by atoms with Gasteiger partial charge in [0.15, 0.2) is 0 Å². The average molecular weight is 423 g/mol. The zero-order valence-electron chi connectivity index (χ0n) is 16.5. The highest BCUT2D eigenvalue weighted by atomic mass is 32.2. The molecular formula is C18H26N6O2S2. The largest absolute Gasteiger partial charge is 0.348 e. The number of nitrogens with one attached hydrogen (secondary N) is 1. The number of hydrogen-bond acceptors (Lipinski definition) is 8. The van der Waals surface area contributed by atoms with Gasteiger partial charge in [-0.05, 0) is 39.3 Å². The minimum Gasteiger partial charge on any atom is -0.302 e. The van der Waals surface area contributed by atoms with Gasteiger partial charge in [0.25, 0.3) is 0 Å². The molecule has 0 bridgehead atoms. The van der Waals surface area contributed by atoms with Gasteiger partial charge in [0.1, 0.15) is 10.0 Å². The maximum atomic E-state index is 12.6. The Bertz CT molecular complexity index is 891. The summed E-state index contributed by atoms with van der Waals surface area (Å²) < 4.78 is 1.83.